The number of anilines is 4. The Bertz CT molecular complexity index is 3030. The first-order chi connectivity index (χ1) is 29.8. The molecule has 64 heavy (non-hydrogen) atoms. The van der Waals surface area contributed by atoms with Crippen molar-refractivity contribution >= 4 is 52.7 Å². The zero-order chi connectivity index (χ0) is 45.4. The van der Waals surface area contributed by atoms with Crippen LogP contribution in [-0.4, -0.2) is 68.4 Å². The Kier molecular flexibility index (Phi) is 12.9. The van der Waals surface area contributed by atoms with Crippen molar-refractivity contribution in [1.29, 1.82) is 0 Å². The van der Waals surface area contributed by atoms with Crippen LogP contribution >= 0.6 is 0 Å². The average molecular weight is 870 g/mol. The van der Waals surface area contributed by atoms with Crippen molar-refractivity contribution in [3.05, 3.63) is 140 Å². The van der Waals surface area contributed by atoms with Gasteiger partial charge in [0.05, 0.1) is 28.3 Å². The van der Waals surface area contributed by atoms with Gasteiger partial charge in [-0.3, -0.25) is 19.2 Å². The molecule has 8 rings (SSSR count). The van der Waals surface area contributed by atoms with Gasteiger partial charge in [0.25, 0.3) is 16.7 Å². The van der Waals surface area contributed by atoms with Gasteiger partial charge in [-0.2, -0.15) is 9.78 Å². The maximum Gasteiger partial charge on any atom is 0.496 e. The Balaban J connectivity index is 0.000000234. The Labute approximate surface area is 368 Å². The minimum atomic E-state index is -0.746. The molecule has 0 spiro atoms. The van der Waals surface area contributed by atoms with E-state index in [9.17, 15) is 19.2 Å². The van der Waals surface area contributed by atoms with Gasteiger partial charge in [-0.15, -0.1) is 0 Å². The first-order valence-corrected chi connectivity index (χ1v) is 19.8. The Hall–Kier alpha value is -7.25. The van der Waals surface area contributed by atoms with Crippen LogP contribution in [0.1, 0.15) is 71.8 Å². The quantitative estimate of drug-likeness (QED) is 0.137. The number of rotatable bonds is 8. The number of nitrogens with zero attached hydrogens (tertiary/aromatic N) is 9. The summed E-state index contributed by atoms with van der Waals surface area (Å²) in [5.41, 5.74) is 0.613. The van der Waals surface area contributed by atoms with E-state index in [1.54, 1.807) is 69.1 Å². The third kappa shape index (κ3) is 9.25. The van der Waals surface area contributed by atoms with Crippen molar-refractivity contribution in [3.8, 4) is 16.9 Å². The van der Waals surface area contributed by atoms with E-state index in [4.69, 9.17) is 9.31 Å². The van der Waals surface area contributed by atoms with Gasteiger partial charge < -0.3 is 29.1 Å². The molecule has 0 saturated carbocycles. The third-order valence-electron chi connectivity index (χ3n) is 10.9. The number of aromatic nitrogens is 9. The number of nitrogens with one attached hydrogen (secondary N) is 2. The molecular weight excluding hydrogens is 820 g/mol. The van der Waals surface area contributed by atoms with E-state index in [2.05, 4.69) is 40.7 Å². The largest absolute Gasteiger partial charge is 0.496 e. The van der Waals surface area contributed by atoms with Gasteiger partial charge in [0, 0.05) is 61.5 Å². The first-order valence-electron chi connectivity index (χ1n) is 19.8. The Morgan fingerprint density at radius 2 is 1.34 bits per heavy atom. The van der Waals surface area contributed by atoms with Crippen molar-refractivity contribution in [2.24, 2.45) is 14.1 Å². The molecule has 6 aromatic heterocycles. The Morgan fingerprint density at radius 3 is 1.89 bits per heavy atom. The van der Waals surface area contributed by atoms with Gasteiger partial charge >= 0.3 is 7.12 Å². The van der Waals surface area contributed by atoms with Crippen molar-refractivity contribution in [3.63, 3.8) is 0 Å². The molecule has 0 amide bonds. The maximum absolute atomic E-state index is 15.2. The molecular formula is C45H49BFN11O6. The van der Waals surface area contributed by atoms with E-state index in [0.717, 1.165) is 15.7 Å². The van der Waals surface area contributed by atoms with Gasteiger partial charge in [0.2, 0.25) is 0 Å². The molecule has 0 unspecified atom stereocenters. The van der Waals surface area contributed by atoms with Crippen molar-refractivity contribution in [1.82, 2.24) is 43.8 Å². The van der Waals surface area contributed by atoms with Crippen molar-refractivity contribution < 1.29 is 18.5 Å². The van der Waals surface area contributed by atoms with E-state index < -0.39 is 29.7 Å². The number of hydrogen-bond donors (Lipinski definition) is 2. The molecule has 1 aromatic carbocycles. The lowest BCUT2D eigenvalue weighted by molar-refractivity contribution is 0.00578. The van der Waals surface area contributed by atoms with Crippen LogP contribution in [0.4, 0.5) is 27.4 Å². The molecule has 19 heteroatoms. The normalized spacial score (nSPS) is 14.0. The molecule has 0 radical (unpaired) electrons. The summed E-state index contributed by atoms with van der Waals surface area (Å²) in [4.78, 5) is 71.1. The van der Waals surface area contributed by atoms with Crippen LogP contribution < -0.4 is 32.8 Å². The third-order valence-corrected chi connectivity index (χ3v) is 10.9. The highest BCUT2D eigenvalue weighted by atomic mass is 19.1. The summed E-state index contributed by atoms with van der Waals surface area (Å²) in [6.45, 7) is 13.8. The second-order valence-corrected chi connectivity index (χ2v) is 16.9. The average Bonchev–Trinajstić information content (AvgIpc) is 3.47. The molecule has 1 aliphatic heterocycles. The molecule has 7 aromatic rings. The zero-order valence-corrected chi connectivity index (χ0v) is 36.2. The highest BCUT2D eigenvalue weighted by molar-refractivity contribution is 6.62. The van der Waals surface area contributed by atoms with Gasteiger partial charge in [-0.25, -0.2) is 29.3 Å². The fraction of sp³-hybridized carbons (Fsp3) is 0.289. The van der Waals surface area contributed by atoms with E-state index in [0.29, 0.717) is 40.1 Å². The lowest BCUT2D eigenvalue weighted by Gasteiger charge is -2.32. The number of hydrogen-bond acceptors (Lipinski definition) is 14. The summed E-state index contributed by atoms with van der Waals surface area (Å²) in [7, 11) is 2.74. The molecule has 0 bridgehead atoms. The second-order valence-electron chi connectivity index (χ2n) is 16.9. The number of benzene rings is 1. The summed E-state index contributed by atoms with van der Waals surface area (Å²) < 4.78 is 31.1. The molecule has 330 valence electrons. The number of pyridine rings is 3. The number of carbonyl (C=O) groups excluding carboxylic acids is 1. The topological polar surface area (TPSA) is 203 Å². The summed E-state index contributed by atoms with van der Waals surface area (Å²) in [5.74, 6) is 0.218. The SMILES string of the molecule is C.Cn1cc(-c2ccnc(-n3ncc4cc(C(C)(C)C)cc(F)c4c3=O)c2C=O)cc(Nc2ccncn2)c1=O.Cn1cc(B2OC(C)(C)C(C)(C)O2)cc(Nc2ccncn2)c1=O. The van der Waals surface area contributed by atoms with Gasteiger partial charge in [0.1, 0.15) is 41.5 Å². The molecule has 1 saturated heterocycles. The predicted molar refractivity (Wildman–Crippen MR) is 245 cm³/mol. The van der Waals surface area contributed by atoms with Crippen molar-refractivity contribution in [2.45, 2.75) is 72.5 Å². The summed E-state index contributed by atoms with van der Waals surface area (Å²) in [6.07, 6.45) is 12.5. The van der Waals surface area contributed by atoms with E-state index >= 15 is 4.39 Å². The molecule has 1 aliphatic rings. The molecule has 1 fully saturated rings. The summed E-state index contributed by atoms with van der Waals surface area (Å²) in [6, 6.07) is 11.3. The van der Waals surface area contributed by atoms with Crippen LogP contribution in [0.15, 0.2) is 107 Å². The van der Waals surface area contributed by atoms with E-state index in [-0.39, 0.29) is 46.4 Å². The van der Waals surface area contributed by atoms with Gasteiger partial charge in [0.15, 0.2) is 12.1 Å². The van der Waals surface area contributed by atoms with E-state index in [1.807, 2.05) is 48.5 Å². The molecule has 17 nitrogen and oxygen atoms in total. The monoisotopic (exact) mass is 869 g/mol. The van der Waals surface area contributed by atoms with Crippen LogP contribution in [0.25, 0.3) is 27.7 Å². The number of carbonyl (C=O) groups is 1. The summed E-state index contributed by atoms with van der Waals surface area (Å²) in [5, 5.41) is 10.4. The molecule has 2 N–H and O–H groups in total. The van der Waals surface area contributed by atoms with Gasteiger partial charge in [-0.1, -0.05) is 28.2 Å². The lowest BCUT2D eigenvalue weighted by Crippen LogP contribution is -2.41. The number of aryl methyl sites for hydroxylation is 2. The predicted octanol–water partition coefficient (Wildman–Crippen LogP) is 5.78. The highest BCUT2D eigenvalue weighted by Crippen LogP contribution is 2.36. The fourth-order valence-electron chi connectivity index (χ4n) is 6.71. The fourth-order valence-corrected chi connectivity index (χ4v) is 6.71. The van der Waals surface area contributed by atoms with Crippen LogP contribution in [0.5, 0.6) is 0 Å². The molecule has 0 atom stereocenters. The number of aldehydes is 1. The van der Waals surface area contributed by atoms with Crippen LogP contribution in [0.3, 0.4) is 0 Å². The minimum absolute atomic E-state index is 0. The van der Waals surface area contributed by atoms with Crippen LogP contribution in [0.2, 0.25) is 0 Å². The number of halogens is 1. The standard InChI is InChI=1S/C28H24FN7O3.C16H21BN4O3.CH4/c1-28(2,3)18-9-16-12-33-36(27(39)24(16)21(29)11-18)25-20(14-37)19(5-8-31-25)17-10-22(26(38)35(4)13-17)34-23-6-7-30-15-32-23;1-15(2)16(3,4)24-17(23-15)11-8-12(14(22)21(5)9-11)20-13-6-7-18-10-19-13;/h5-15H,1-4H3,(H,30,32,34);6-10H,1-5H3,(H,18,19,20);1H4. The second kappa shape index (κ2) is 17.9. The van der Waals surface area contributed by atoms with Crippen LogP contribution in [-0.2, 0) is 28.8 Å². The van der Waals surface area contributed by atoms with Gasteiger partial charge in [-0.05, 0) is 86.7 Å². The first kappa shape index (κ1) is 46.3. The van der Waals surface area contributed by atoms with Crippen molar-refractivity contribution in [2.75, 3.05) is 10.6 Å². The lowest BCUT2D eigenvalue weighted by atomic mass is 9.80. The van der Waals surface area contributed by atoms with Crippen LogP contribution in [0, 0.1) is 5.82 Å². The molecule has 0 aliphatic carbocycles. The zero-order valence-electron chi connectivity index (χ0n) is 36.2. The molecule has 7 heterocycles. The summed E-state index contributed by atoms with van der Waals surface area (Å²) >= 11 is 0. The maximum atomic E-state index is 15.2. The minimum Gasteiger partial charge on any atom is -0.399 e. The smallest absolute Gasteiger partial charge is 0.399 e. The Morgan fingerprint density at radius 1 is 0.766 bits per heavy atom. The highest BCUT2D eigenvalue weighted by Gasteiger charge is 2.52. The number of fused-ring (bicyclic) bond motifs is 1. The van der Waals surface area contributed by atoms with E-state index in [1.165, 1.54) is 46.4 Å².